The number of hydrogen-bond acceptors (Lipinski definition) is 5. The van der Waals surface area contributed by atoms with Crippen LogP contribution in [0.15, 0.2) is 71.9 Å². The van der Waals surface area contributed by atoms with E-state index in [0.717, 1.165) is 27.8 Å². The summed E-state index contributed by atoms with van der Waals surface area (Å²) in [7, 11) is 0. The highest BCUT2D eigenvalue weighted by Gasteiger charge is 2.57. The fourth-order valence-corrected chi connectivity index (χ4v) is 3.69. The van der Waals surface area contributed by atoms with Crippen molar-refractivity contribution in [3.63, 3.8) is 0 Å². The van der Waals surface area contributed by atoms with E-state index in [-0.39, 0.29) is 11.4 Å². The second-order valence-corrected chi connectivity index (χ2v) is 6.86. The number of carbonyl (C=O) groups excluding carboxylic acids is 3. The first-order valence-electron chi connectivity index (χ1n) is 8.95. The van der Waals surface area contributed by atoms with Gasteiger partial charge in [0.05, 0.1) is 5.69 Å². The van der Waals surface area contributed by atoms with Crippen LogP contribution in [0.25, 0.3) is 10.8 Å². The predicted molar refractivity (Wildman–Crippen MR) is 103 cm³/mol. The lowest BCUT2D eigenvalue weighted by atomic mass is 9.92. The maximum absolute atomic E-state index is 13.2. The maximum Gasteiger partial charge on any atom is 0.278 e. The molecule has 3 aromatic carbocycles. The quantitative estimate of drug-likeness (QED) is 0.510. The number of Topliss-reactive ketones (excluding diaryl/α,β-unsaturated/α-hetero) is 1. The van der Waals surface area contributed by atoms with Crippen LogP contribution < -0.4 is 4.90 Å². The van der Waals surface area contributed by atoms with E-state index in [1.54, 1.807) is 12.1 Å². The Morgan fingerprint density at radius 3 is 2.41 bits per heavy atom. The molecule has 0 radical (unpaired) electrons. The van der Waals surface area contributed by atoms with Crippen LogP contribution in [-0.4, -0.2) is 29.4 Å². The SMILES string of the molecule is O=C(C1=NO[C@@H]2C(=O)N(c3ccc(F)cc3)C(=O)[C@@H]12)c1ccc2ccccc2c1. The lowest BCUT2D eigenvalue weighted by Gasteiger charge is -2.15. The Morgan fingerprint density at radius 1 is 0.931 bits per heavy atom. The minimum atomic E-state index is -1.19. The third-order valence-corrected chi connectivity index (χ3v) is 5.14. The Bertz CT molecular complexity index is 1220. The van der Waals surface area contributed by atoms with E-state index in [4.69, 9.17) is 4.84 Å². The molecular weight excluding hydrogens is 375 g/mol. The van der Waals surface area contributed by atoms with E-state index in [0.29, 0.717) is 5.56 Å². The number of halogens is 1. The lowest BCUT2D eigenvalue weighted by Crippen LogP contribution is -2.34. The van der Waals surface area contributed by atoms with Crippen molar-refractivity contribution in [2.75, 3.05) is 4.90 Å². The minimum Gasteiger partial charge on any atom is -0.381 e. The summed E-state index contributed by atoms with van der Waals surface area (Å²) in [6.07, 6.45) is -1.19. The van der Waals surface area contributed by atoms with Crippen LogP contribution in [0.2, 0.25) is 0 Å². The Hall–Kier alpha value is -3.87. The number of fused-ring (bicyclic) bond motifs is 2. The van der Waals surface area contributed by atoms with E-state index in [1.807, 2.05) is 30.3 Å². The summed E-state index contributed by atoms with van der Waals surface area (Å²) in [5.41, 5.74) is 0.470. The summed E-state index contributed by atoms with van der Waals surface area (Å²) in [4.78, 5) is 44.7. The molecule has 5 rings (SSSR count). The summed E-state index contributed by atoms with van der Waals surface area (Å²) < 4.78 is 13.2. The zero-order valence-corrected chi connectivity index (χ0v) is 14.9. The smallest absolute Gasteiger partial charge is 0.278 e. The number of oxime groups is 1. The molecule has 0 N–H and O–H groups in total. The Morgan fingerprint density at radius 2 is 1.66 bits per heavy atom. The zero-order chi connectivity index (χ0) is 20.1. The van der Waals surface area contributed by atoms with Crippen LogP contribution in [0.5, 0.6) is 0 Å². The van der Waals surface area contributed by atoms with Crippen LogP contribution in [-0.2, 0) is 14.4 Å². The van der Waals surface area contributed by atoms with Gasteiger partial charge in [0.25, 0.3) is 5.91 Å². The summed E-state index contributed by atoms with van der Waals surface area (Å²) in [6, 6.07) is 17.7. The average molecular weight is 388 g/mol. The number of benzene rings is 3. The molecule has 1 fully saturated rings. The first kappa shape index (κ1) is 17.2. The highest BCUT2D eigenvalue weighted by molar-refractivity contribution is 6.52. The second-order valence-electron chi connectivity index (χ2n) is 6.86. The van der Waals surface area contributed by atoms with Gasteiger partial charge in [0, 0.05) is 5.56 Å². The molecule has 7 heteroatoms. The summed E-state index contributed by atoms with van der Waals surface area (Å²) >= 11 is 0. The van der Waals surface area contributed by atoms with Crippen LogP contribution >= 0.6 is 0 Å². The predicted octanol–water partition coefficient (Wildman–Crippen LogP) is 3.11. The van der Waals surface area contributed by atoms with Crippen LogP contribution in [0.4, 0.5) is 10.1 Å². The van der Waals surface area contributed by atoms with Crippen molar-refractivity contribution in [1.82, 2.24) is 0 Å². The van der Waals surface area contributed by atoms with Crippen molar-refractivity contribution < 1.29 is 23.6 Å². The Labute approximate surface area is 164 Å². The normalized spacial score (nSPS) is 20.6. The molecule has 2 amide bonds. The van der Waals surface area contributed by atoms with Crippen molar-refractivity contribution >= 4 is 39.8 Å². The van der Waals surface area contributed by atoms with Gasteiger partial charge in [-0.05, 0) is 41.1 Å². The van der Waals surface area contributed by atoms with Gasteiger partial charge in [0.1, 0.15) is 17.4 Å². The monoisotopic (exact) mass is 388 g/mol. The molecule has 29 heavy (non-hydrogen) atoms. The number of hydrogen-bond donors (Lipinski definition) is 0. The minimum absolute atomic E-state index is 0.103. The molecule has 0 aliphatic carbocycles. The molecule has 0 saturated carbocycles. The molecule has 0 spiro atoms. The number of carbonyl (C=O) groups is 3. The molecule has 0 unspecified atom stereocenters. The average Bonchev–Trinajstić information content (AvgIpc) is 3.28. The molecule has 1 saturated heterocycles. The fraction of sp³-hybridized carbons (Fsp3) is 0.0909. The fourth-order valence-electron chi connectivity index (χ4n) is 3.69. The van der Waals surface area contributed by atoms with Crippen molar-refractivity contribution in [3.05, 3.63) is 78.1 Å². The summed E-state index contributed by atoms with van der Waals surface area (Å²) in [5.74, 6) is -3.32. The number of anilines is 1. The Kier molecular flexibility index (Phi) is 3.77. The third-order valence-electron chi connectivity index (χ3n) is 5.14. The van der Waals surface area contributed by atoms with Crippen LogP contribution in [0.1, 0.15) is 10.4 Å². The molecule has 2 aliphatic heterocycles. The summed E-state index contributed by atoms with van der Waals surface area (Å²) in [5, 5.41) is 5.60. The first-order valence-corrected chi connectivity index (χ1v) is 8.95. The first-order chi connectivity index (χ1) is 14.0. The second kappa shape index (κ2) is 6.34. The van der Waals surface area contributed by atoms with Gasteiger partial charge in [-0.15, -0.1) is 0 Å². The van der Waals surface area contributed by atoms with Crippen molar-refractivity contribution in [1.29, 1.82) is 0 Å². The van der Waals surface area contributed by atoms with Crippen LogP contribution in [0.3, 0.4) is 0 Å². The van der Waals surface area contributed by atoms with Crippen LogP contribution in [0, 0.1) is 11.7 Å². The van der Waals surface area contributed by atoms with E-state index < -0.39 is 35.4 Å². The van der Waals surface area contributed by atoms with E-state index in [2.05, 4.69) is 5.16 Å². The third kappa shape index (κ3) is 2.62. The summed E-state index contributed by atoms with van der Waals surface area (Å²) in [6.45, 7) is 0. The van der Waals surface area contributed by atoms with Crippen molar-refractivity contribution in [3.8, 4) is 0 Å². The van der Waals surface area contributed by atoms with Gasteiger partial charge in [0.2, 0.25) is 17.8 Å². The standard InChI is InChI=1S/C22H13FN2O4/c23-15-7-9-16(10-8-15)25-21(27)17-18(24-29-20(17)22(25)28)19(26)14-6-5-12-3-1-2-4-13(12)11-14/h1-11,17,20H/t17-,20-/m0/s1. The highest BCUT2D eigenvalue weighted by atomic mass is 19.1. The largest absolute Gasteiger partial charge is 0.381 e. The van der Waals surface area contributed by atoms with Gasteiger partial charge in [-0.3, -0.25) is 14.4 Å². The van der Waals surface area contributed by atoms with Gasteiger partial charge in [-0.25, -0.2) is 9.29 Å². The molecule has 0 bridgehead atoms. The molecular formula is C22H13FN2O4. The van der Waals surface area contributed by atoms with Gasteiger partial charge >= 0.3 is 0 Å². The molecule has 2 aliphatic rings. The molecule has 3 aromatic rings. The van der Waals surface area contributed by atoms with E-state index in [9.17, 15) is 18.8 Å². The molecule has 6 nitrogen and oxygen atoms in total. The number of amides is 2. The maximum atomic E-state index is 13.2. The Balaban J connectivity index is 1.48. The van der Waals surface area contributed by atoms with Gasteiger partial charge in [0.15, 0.2) is 0 Å². The number of rotatable bonds is 3. The van der Waals surface area contributed by atoms with Gasteiger partial charge in [-0.2, -0.15) is 0 Å². The van der Waals surface area contributed by atoms with Crippen molar-refractivity contribution in [2.45, 2.75) is 6.10 Å². The number of ketones is 1. The lowest BCUT2D eigenvalue weighted by molar-refractivity contribution is -0.126. The highest BCUT2D eigenvalue weighted by Crippen LogP contribution is 2.34. The number of nitrogens with zero attached hydrogens (tertiary/aromatic N) is 2. The molecule has 0 aromatic heterocycles. The topological polar surface area (TPSA) is 76.0 Å². The molecule has 142 valence electrons. The number of imide groups is 1. The zero-order valence-electron chi connectivity index (χ0n) is 14.9. The van der Waals surface area contributed by atoms with E-state index in [1.165, 1.54) is 12.1 Å². The van der Waals surface area contributed by atoms with E-state index >= 15 is 0 Å². The van der Waals surface area contributed by atoms with Crippen molar-refractivity contribution in [2.24, 2.45) is 11.1 Å². The molecule has 2 heterocycles. The van der Waals surface area contributed by atoms with Gasteiger partial charge < -0.3 is 4.84 Å². The van der Waals surface area contributed by atoms with Gasteiger partial charge in [-0.1, -0.05) is 41.6 Å². The molecule has 2 atom stereocenters.